The van der Waals surface area contributed by atoms with E-state index in [2.05, 4.69) is 0 Å². The fourth-order valence-electron chi connectivity index (χ4n) is 2.58. The molecule has 7 heteroatoms. The molecule has 1 aliphatic rings. The summed E-state index contributed by atoms with van der Waals surface area (Å²) in [6, 6.07) is 3.01. The molecule has 0 radical (unpaired) electrons. The van der Waals surface area contributed by atoms with Crippen molar-refractivity contribution in [2.75, 3.05) is 26.8 Å². The number of halogens is 1. The van der Waals surface area contributed by atoms with E-state index in [0.29, 0.717) is 19.7 Å². The van der Waals surface area contributed by atoms with Crippen molar-refractivity contribution in [1.29, 1.82) is 0 Å². The van der Waals surface area contributed by atoms with E-state index in [1.165, 1.54) is 4.90 Å². The number of methoxy groups -OCH3 is 1. The molecule has 0 saturated carbocycles. The van der Waals surface area contributed by atoms with Crippen LogP contribution < -0.4 is 0 Å². The molecule has 1 aromatic rings. The topological polar surface area (TPSA) is 72.7 Å². The summed E-state index contributed by atoms with van der Waals surface area (Å²) in [6.45, 7) is 1.55. The van der Waals surface area contributed by atoms with E-state index < -0.39 is 16.6 Å². The molecular formula is C14H17FN2O4. The van der Waals surface area contributed by atoms with Crippen LogP contribution in [-0.2, 0) is 4.74 Å². The van der Waals surface area contributed by atoms with Gasteiger partial charge in [-0.05, 0) is 24.8 Å². The zero-order valence-electron chi connectivity index (χ0n) is 11.8. The van der Waals surface area contributed by atoms with Crippen molar-refractivity contribution < 1.29 is 18.8 Å². The Labute approximate surface area is 121 Å². The molecule has 1 saturated heterocycles. The lowest BCUT2D eigenvalue weighted by molar-refractivity contribution is -0.384. The molecule has 21 heavy (non-hydrogen) atoms. The summed E-state index contributed by atoms with van der Waals surface area (Å²) in [5, 5.41) is 10.7. The highest BCUT2D eigenvalue weighted by atomic mass is 19.1. The fraction of sp³-hybridized carbons (Fsp3) is 0.500. The second kappa shape index (κ2) is 6.62. The van der Waals surface area contributed by atoms with Gasteiger partial charge in [-0.1, -0.05) is 0 Å². The second-order valence-corrected chi connectivity index (χ2v) is 5.14. The van der Waals surface area contributed by atoms with Gasteiger partial charge in [0.05, 0.1) is 17.1 Å². The number of amides is 1. The molecule has 0 bridgehead atoms. The lowest BCUT2D eigenvalue weighted by Crippen LogP contribution is -2.41. The molecule has 1 amide bonds. The average Bonchev–Trinajstić information content (AvgIpc) is 2.47. The van der Waals surface area contributed by atoms with Crippen molar-refractivity contribution in [3.05, 3.63) is 39.7 Å². The number of hydrogen-bond donors (Lipinski definition) is 0. The van der Waals surface area contributed by atoms with E-state index in [1.807, 2.05) is 0 Å². The molecule has 6 nitrogen and oxygen atoms in total. The third-order valence-corrected chi connectivity index (χ3v) is 3.60. The maximum Gasteiger partial charge on any atom is 0.270 e. The molecule has 2 rings (SSSR count). The van der Waals surface area contributed by atoms with Gasteiger partial charge in [-0.2, -0.15) is 0 Å². The molecule has 1 unspecified atom stereocenters. The lowest BCUT2D eigenvalue weighted by Gasteiger charge is -2.32. The lowest BCUT2D eigenvalue weighted by atomic mass is 9.98. The third-order valence-electron chi connectivity index (χ3n) is 3.60. The van der Waals surface area contributed by atoms with Crippen molar-refractivity contribution in [3.8, 4) is 0 Å². The van der Waals surface area contributed by atoms with Crippen LogP contribution in [0.25, 0.3) is 0 Å². The Bertz CT molecular complexity index is 548. The van der Waals surface area contributed by atoms with Gasteiger partial charge in [-0.15, -0.1) is 0 Å². The van der Waals surface area contributed by atoms with Gasteiger partial charge in [0.25, 0.3) is 11.6 Å². The zero-order chi connectivity index (χ0) is 15.4. The molecule has 1 fully saturated rings. The summed E-state index contributed by atoms with van der Waals surface area (Å²) < 4.78 is 18.9. The van der Waals surface area contributed by atoms with Crippen LogP contribution >= 0.6 is 0 Å². The molecule has 1 aromatic carbocycles. The molecule has 0 aliphatic carbocycles. The number of rotatable bonds is 4. The van der Waals surface area contributed by atoms with E-state index in [0.717, 1.165) is 31.0 Å². The average molecular weight is 296 g/mol. The SMILES string of the molecule is COCC1CCCN(C(=O)c2cc([N+](=O)[O-])ccc2F)C1. The number of likely N-dealkylation sites (tertiary alicyclic amines) is 1. The highest BCUT2D eigenvalue weighted by molar-refractivity contribution is 5.95. The van der Waals surface area contributed by atoms with E-state index in [4.69, 9.17) is 4.74 Å². The molecular weight excluding hydrogens is 279 g/mol. The molecule has 1 aliphatic heterocycles. The van der Waals surface area contributed by atoms with Crippen molar-refractivity contribution in [3.63, 3.8) is 0 Å². The van der Waals surface area contributed by atoms with E-state index >= 15 is 0 Å². The highest BCUT2D eigenvalue weighted by Gasteiger charge is 2.27. The minimum absolute atomic E-state index is 0.217. The number of non-ortho nitro benzene ring substituents is 1. The van der Waals surface area contributed by atoms with E-state index in [-0.39, 0.29) is 17.2 Å². The first-order valence-corrected chi connectivity index (χ1v) is 6.75. The third kappa shape index (κ3) is 3.55. The predicted octanol–water partition coefficient (Wildman–Crippen LogP) is 2.23. The Balaban J connectivity index is 2.19. The van der Waals surface area contributed by atoms with Gasteiger partial charge in [0.15, 0.2) is 0 Å². The summed E-state index contributed by atoms with van der Waals surface area (Å²) in [7, 11) is 1.60. The Morgan fingerprint density at radius 3 is 3.00 bits per heavy atom. The number of ether oxygens (including phenoxy) is 1. The zero-order valence-corrected chi connectivity index (χ0v) is 11.8. The normalized spacial score (nSPS) is 18.6. The van der Waals surface area contributed by atoms with Gasteiger partial charge < -0.3 is 9.64 Å². The quantitative estimate of drug-likeness (QED) is 0.631. The van der Waals surface area contributed by atoms with Crippen molar-refractivity contribution in [1.82, 2.24) is 4.90 Å². The Kier molecular flexibility index (Phi) is 4.85. The fourth-order valence-corrected chi connectivity index (χ4v) is 2.58. The molecule has 1 heterocycles. The van der Waals surface area contributed by atoms with Crippen LogP contribution in [0.3, 0.4) is 0 Å². The standard InChI is InChI=1S/C14H17FN2O4/c1-21-9-10-3-2-6-16(8-10)14(18)12-7-11(17(19)20)4-5-13(12)15/h4-5,7,10H,2-3,6,8-9H2,1H3. The largest absolute Gasteiger partial charge is 0.384 e. The first-order chi connectivity index (χ1) is 10.0. The van der Waals surface area contributed by atoms with Crippen LogP contribution in [0.1, 0.15) is 23.2 Å². The van der Waals surface area contributed by atoms with Crippen LogP contribution in [0, 0.1) is 21.8 Å². The highest BCUT2D eigenvalue weighted by Crippen LogP contribution is 2.22. The van der Waals surface area contributed by atoms with Crippen LogP contribution in [0.15, 0.2) is 18.2 Å². The molecule has 1 atom stereocenters. The van der Waals surface area contributed by atoms with Gasteiger partial charge in [0.2, 0.25) is 0 Å². The first kappa shape index (κ1) is 15.4. The molecule has 114 valence electrons. The van der Waals surface area contributed by atoms with E-state index in [9.17, 15) is 19.3 Å². The van der Waals surface area contributed by atoms with E-state index in [1.54, 1.807) is 7.11 Å². The smallest absolute Gasteiger partial charge is 0.270 e. The van der Waals surface area contributed by atoms with Gasteiger partial charge in [-0.3, -0.25) is 14.9 Å². The number of hydrogen-bond acceptors (Lipinski definition) is 4. The van der Waals surface area contributed by atoms with Crippen molar-refractivity contribution in [2.45, 2.75) is 12.8 Å². The predicted molar refractivity (Wildman–Crippen MR) is 73.6 cm³/mol. The molecule has 0 N–H and O–H groups in total. The number of carbonyl (C=O) groups excluding carboxylic acids is 1. The minimum atomic E-state index is -0.737. The van der Waals surface area contributed by atoms with Crippen molar-refractivity contribution in [2.24, 2.45) is 5.92 Å². The Hall–Kier alpha value is -2.02. The Morgan fingerprint density at radius 2 is 2.33 bits per heavy atom. The Morgan fingerprint density at radius 1 is 1.57 bits per heavy atom. The summed E-state index contributed by atoms with van der Waals surface area (Å²) in [5.41, 5.74) is -0.535. The summed E-state index contributed by atoms with van der Waals surface area (Å²) >= 11 is 0. The van der Waals surface area contributed by atoms with Crippen LogP contribution in [0.5, 0.6) is 0 Å². The number of piperidine rings is 1. The molecule has 0 aromatic heterocycles. The van der Waals surface area contributed by atoms with Crippen LogP contribution in [0.4, 0.5) is 10.1 Å². The monoisotopic (exact) mass is 296 g/mol. The number of nitro groups is 1. The summed E-state index contributed by atoms with van der Waals surface area (Å²) in [5.74, 6) is -1.02. The number of carbonyl (C=O) groups is 1. The summed E-state index contributed by atoms with van der Waals surface area (Å²) in [4.78, 5) is 24.0. The number of nitrogens with zero attached hydrogens (tertiary/aromatic N) is 2. The molecule has 0 spiro atoms. The van der Waals surface area contributed by atoms with Gasteiger partial charge in [0.1, 0.15) is 5.82 Å². The van der Waals surface area contributed by atoms with Gasteiger partial charge in [-0.25, -0.2) is 4.39 Å². The van der Waals surface area contributed by atoms with Crippen molar-refractivity contribution >= 4 is 11.6 Å². The van der Waals surface area contributed by atoms with Crippen LogP contribution in [-0.4, -0.2) is 42.5 Å². The first-order valence-electron chi connectivity index (χ1n) is 6.75. The second-order valence-electron chi connectivity index (χ2n) is 5.14. The maximum atomic E-state index is 13.8. The van der Waals surface area contributed by atoms with Gasteiger partial charge >= 0.3 is 0 Å². The number of nitro benzene ring substituents is 1. The number of benzene rings is 1. The maximum absolute atomic E-state index is 13.8. The van der Waals surface area contributed by atoms with Crippen LogP contribution in [0.2, 0.25) is 0 Å². The minimum Gasteiger partial charge on any atom is -0.384 e. The summed E-state index contributed by atoms with van der Waals surface area (Å²) in [6.07, 6.45) is 1.77. The van der Waals surface area contributed by atoms with Gasteiger partial charge in [0, 0.05) is 32.3 Å².